The molecule has 0 bridgehead atoms. The first-order chi connectivity index (χ1) is 33.0. The van der Waals surface area contributed by atoms with E-state index < -0.39 is 6.10 Å². The average Bonchev–Trinajstić information content (AvgIpc) is 3.33. The molecule has 0 radical (unpaired) electrons. The highest BCUT2D eigenvalue weighted by Gasteiger charge is 2.19. The predicted octanol–water partition coefficient (Wildman–Crippen LogP) is 19.2. The second-order valence-corrected chi connectivity index (χ2v) is 19.2. The van der Waals surface area contributed by atoms with Crippen molar-refractivity contribution in [3.8, 4) is 0 Å². The molecule has 0 heterocycles. The number of carbonyl (C=O) groups excluding carboxylic acids is 3. The summed E-state index contributed by atoms with van der Waals surface area (Å²) >= 11 is 0. The fraction of sp³-hybridized carbons (Fsp3) is 0.787. The molecule has 0 aliphatic carbocycles. The zero-order valence-electron chi connectivity index (χ0n) is 44.4. The van der Waals surface area contributed by atoms with E-state index in [1.165, 1.54) is 148 Å². The Morgan fingerprint density at radius 1 is 0.299 bits per heavy atom. The Bertz CT molecular complexity index is 1210. The van der Waals surface area contributed by atoms with Gasteiger partial charge in [0.2, 0.25) is 0 Å². The van der Waals surface area contributed by atoms with E-state index in [1.807, 2.05) is 0 Å². The molecule has 0 amide bonds. The van der Waals surface area contributed by atoms with Crippen LogP contribution in [0.25, 0.3) is 0 Å². The molecule has 0 aliphatic rings. The first-order valence-corrected chi connectivity index (χ1v) is 28.8. The van der Waals surface area contributed by atoms with Gasteiger partial charge < -0.3 is 14.2 Å². The summed E-state index contributed by atoms with van der Waals surface area (Å²) in [6.45, 7) is 6.52. The van der Waals surface area contributed by atoms with E-state index >= 15 is 0 Å². The molecule has 0 aromatic heterocycles. The van der Waals surface area contributed by atoms with Crippen LogP contribution >= 0.6 is 0 Å². The van der Waals surface area contributed by atoms with E-state index in [9.17, 15) is 14.4 Å². The highest BCUT2D eigenvalue weighted by molar-refractivity contribution is 5.71. The van der Waals surface area contributed by atoms with Gasteiger partial charge in [-0.05, 0) is 96.3 Å². The third kappa shape index (κ3) is 53.9. The minimum Gasteiger partial charge on any atom is -0.462 e. The molecule has 67 heavy (non-hydrogen) atoms. The average molecular weight is 938 g/mol. The summed E-state index contributed by atoms with van der Waals surface area (Å²) in [5, 5.41) is 0. The van der Waals surface area contributed by atoms with Gasteiger partial charge in [0.1, 0.15) is 13.2 Å². The minimum absolute atomic E-state index is 0.0819. The van der Waals surface area contributed by atoms with Crippen molar-refractivity contribution in [1.82, 2.24) is 0 Å². The van der Waals surface area contributed by atoms with Crippen LogP contribution in [0.3, 0.4) is 0 Å². The summed E-state index contributed by atoms with van der Waals surface area (Å²) in [6.07, 6.45) is 69.4. The van der Waals surface area contributed by atoms with Crippen molar-refractivity contribution in [3.63, 3.8) is 0 Å². The van der Waals surface area contributed by atoms with Gasteiger partial charge in [-0.25, -0.2) is 0 Å². The number of unbranched alkanes of at least 4 members (excludes halogenated alkanes) is 31. The van der Waals surface area contributed by atoms with Gasteiger partial charge >= 0.3 is 17.9 Å². The smallest absolute Gasteiger partial charge is 0.306 e. The van der Waals surface area contributed by atoms with Crippen molar-refractivity contribution >= 4 is 17.9 Å². The summed E-state index contributed by atoms with van der Waals surface area (Å²) in [4.78, 5) is 38.0. The number of hydrogen-bond donors (Lipinski definition) is 0. The maximum absolute atomic E-state index is 12.8. The van der Waals surface area contributed by atoms with Crippen molar-refractivity contribution in [2.24, 2.45) is 0 Å². The number of carbonyl (C=O) groups is 3. The molecule has 0 saturated carbocycles. The quantitative estimate of drug-likeness (QED) is 0.0262. The maximum Gasteiger partial charge on any atom is 0.306 e. The molecular formula is C61H108O6. The van der Waals surface area contributed by atoms with Gasteiger partial charge in [0.25, 0.3) is 0 Å². The van der Waals surface area contributed by atoms with E-state index in [4.69, 9.17) is 14.2 Å². The third-order valence-corrected chi connectivity index (χ3v) is 12.4. The summed E-state index contributed by atoms with van der Waals surface area (Å²) in [7, 11) is 0. The Labute approximate surface area is 415 Å². The van der Waals surface area contributed by atoms with Crippen LogP contribution in [0.5, 0.6) is 0 Å². The van der Waals surface area contributed by atoms with Crippen molar-refractivity contribution in [3.05, 3.63) is 60.8 Å². The molecule has 0 fully saturated rings. The van der Waals surface area contributed by atoms with Crippen molar-refractivity contribution in [2.45, 2.75) is 297 Å². The number of esters is 3. The summed E-state index contributed by atoms with van der Waals surface area (Å²) in [5.74, 6) is -0.900. The van der Waals surface area contributed by atoms with Crippen molar-refractivity contribution in [2.75, 3.05) is 13.2 Å². The topological polar surface area (TPSA) is 78.9 Å². The highest BCUT2D eigenvalue weighted by Crippen LogP contribution is 2.16. The van der Waals surface area contributed by atoms with Crippen LogP contribution in [0.15, 0.2) is 60.8 Å². The summed E-state index contributed by atoms with van der Waals surface area (Å²) < 4.78 is 16.8. The Morgan fingerprint density at radius 3 is 0.940 bits per heavy atom. The minimum atomic E-state index is -0.783. The fourth-order valence-electron chi connectivity index (χ4n) is 8.08. The van der Waals surface area contributed by atoms with Gasteiger partial charge in [-0.2, -0.15) is 0 Å². The second kappa shape index (κ2) is 55.7. The van der Waals surface area contributed by atoms with Crippen molar-refractivity contribution in [1.29, 1.82) is 0 Å². The van der Waals surface area contributed by atoms with E-state index in [1.54, 1.807) is 0 Å². The van der Waals surface area contributed by atoms with E-state index in [-0.39, 0.29) is 31.1 Å². The van der Waals surface area contributed by atoms with Gasteiger partial charge in [-0.15, -0.1) is 0 Å². The van der Waals surface area contributed by atoms with Crippen LogP contribution in [0.4, 0.5) is 0 Å². The lowest BCUT2D eigenvalue weighted by molar-refractivity contribution is -0.167. The second-order valence-electron chi connectivity index (χ2n) is 19.2. The lowest BCUT2D eigenvalue weighted by Crippen LogP contribution is -2.30. The van der Waals surface area contributed by atoms with Gasteiger partial charge in [-0.1, -0.05) is 236 Å². The molecule has 0 rings (SSSR count). The standard InChI is InChI=1S/C61H108O6/c1-4-7-10-13-16-19-22-24-26-27-28-29-30-31-32-33-34-35-36-38-39-42-45-48-51-54-60(63)66-57-58(56-65-59(62)53-50-47-44-41-21-18-15-12-9-6-3)67-61(64)55-52-49-46-43-40-37-25-23-20-17-14-11-8-5-2/h12,14-15,17,22-25,27-28,58H,4-11,13,16,18-21,26,29-57H2,1-3H3/b15-12-,17-14-,24-22-,25-23-,28-27-. The molecular weight excluding hydrogens is 829 g/mol. The molecule has 1 unspecified atom stereocenters. The number of allylic oxidation sites excluding steroid dienone is 10. The van der Waals surface area contributed by atoms with Crippen LogP contribution in [-0.4, -0.2) is 37.2 Å². The molecule has 0 saturated heterocycles. The molecule has 0 aliphatic heterocycles. The number of hydrogen-bond acceptors (Lipinski definition) is 6. The molecule has 0 N–H and O–H groups in total. The summed E-state index contributed by atoms with van der Waals surface area (Å²) in [5.41, 5.74) is 0. The summed E-state index contributed by atoms with van der Waals surface area (Å²) in [6, 6.07) is 0. The molecule has 0 aromatic carbocycles. The molecule has 0 aromatic rings. The Balaban J connectivity index is 4.21. The van der Waals surface area contributed by atoms with Crippen LogP contribution in [0.1, 0.15) is 290 Å². The Morgan fingerprint density at radius 2 is 0.582 bits per heavy atom. The molecule has 0 spiro atoms. The molecule has 1 atom stereocenters. The van der Waals surface area contributed by atoms with Crippen LogP contribution in [-0.2, 0) is 28.6 Å². The van der Waals surface area contributed by atoms with Gasteiger partial charge in [0, 0.05) is 19.3 Å². The maximum atomic E-state index is 12.8. The third-order valence-electron chi connectivity index (χ3n) is 12.4. The zero-order valence-corrected chi connectivity index (χ0v) is 44.4. The highest BCUT2D eigenvalue weighted by atomic mass is 16.6. The SMILES string of the molecule is CCC/C=C\CCCCCCCC(=O)OCC(COC(=O)CCCCCCCCCCCCCCC/C=C\C/C=C\CCCCCCC)OC(=O)CCCCCCC/C=C\C/C=C\CCCC. The van der Waals surface area contributed by atoms with Crippen LogP contribution in [0, 0.1) is 0 Å². The zero-order chi connectivity index (χ0) is 48.6. The number of ether oxygens (including phenoxy) is 3. The first kappa shape index (κ1) is 64.1. The Kier molecular flexibility index (Phi) is 53.3. The van der Waals surface area contributed by atoms with Crippen molar-refractivity contribution < 1.29 is 28.6 Å². The molecule has 388 valence electrons. The normalized spacial score (nSPS) is 12.5. The first-order valence-electron chi connectivity index (χ1n) is 28.8. The monoisotopic (exact) mass is 937 g/mol. The predicted molar refractivity (Wildman–Crippen MR) is 288 cm³/mol. The van der Waals surface area contributed by atoms with Gasteiger partial charge in [0.05, 0.1) is 0 Å². The number of rotatable bonds is 52. The molecule has 6 heteroatoms. The lowest BCUT2D eigenvalue weighted by atomic mass is 10.0. The fourth-order valence-corrected chi connectivity index (χ4v) is 8.08. The van der Waals surface area contributed by atoms with E-state index in [0.29, 0.717) is 19.3 Å². The van der Waals surface area contributed by atoms with Gasteiger partial charge in [0.15, 0.2) is 6.10 Å². The van der Waals surface area contributed by atoms with E-state index in [0.717, 1.165) is 103 Å². The van der Waals surface area contributed by atoms with Crippen LogP contribution < -0.4 is 0 Å². The lowest BCUT2D eigenvalue weighted by Gasteiger charge is -2.18. The van der Waals surface area contributed by atoms with Crippen LogP contribution in [0.2, 0.25) is 0 Å². The van der Waals surface area contributed by atoms with Gasteiger partial charge in [-0.3, -0.25) is 14.4 Å². The Hall–Kier alpha value is -2.89. The largest absolute Gasteiger partial charge is 0.462 e. The van der Waals surface area contributed by atoms with E-state index in [2.05, 4.69) is 81.5 Å². The molecule has 6 nitrogen and oxygen atoms in total.